The van der Waals surface area contributed by atoms with Crippen molar-refractivity contribution in [3.63, 3.8) is 0 Å². The molecule has 4 rings (SSSR count). The number of aliphatic hydroxyl groups is 1. The van der Waals surface area contributed by atoms with E-state index in [0.29, 0.717) is 19.1 Å². The van der Waals surface area contributed by atoms with Gasteiger partial charge in [0.05, 0.1) is 18.8 Å². The fraction of sp³-hybridized carbons (Fsp3) is 0.750. The molecular formula is C20H28O4. The summed E-state index contributed by atoms with van der Waals surface area (Å²) in [6.45, 7) is 7.91. The summed E-state index contributed by atoms with van der Waals surface area (Å²) in [4.78, 5) is 11.4. The third-order valence-electron chi connectivity index (χ3n) is 7.26. The molecule has 4 atom stereocenters. The van der Waals surface area contributed by atoms with Gasteiger partial charge in [-0.05, 0) is 54.4 Å². The minimum atomic E-state index is -0.247. The Morgan fingerprint density at radius 3 is 2.71 bits per heavy atom. The first kappa shape index (κ1) is 16.3. The fourth-order valence-corrected chi connectivity index (χ4v) is 5.76. The summed E-state index contributed by atoms with van der Waals surface area (Å²) in [5.41, 5.74) is 4.07. The van der Waals surface area contributed by atoms with Gasteiger partial charge in [0.15, 0.2) is 0 Å². The molecule has 2 aliphatic carbocycles. The van der Waals surface area contributed by atoms with Gasteiger partial charge in [-0.2, -0.15) is 0 Å². The predicted molar refractivity (Wildman–Crippen MR) is 90.3 cm³/mol. The van der Waals surface area contributed by atoms with Crippen LogP contribution in [-0.4, -0.2) is 36.5 Å². The van der Waals surface area contributed by atoms with E-state index in [4.69, 9.17) is 9.47 Å². The Bertz CT molecular complexity index is 630. The van der Waals surface area contributed by atoms with Crippen LogP contribution in [0.3, 0.4) is 0 Å². The molecule has 24 heavy (non-hydrogen) atoms. The number of carbonyl (C=O) groups is 1. The normalized spacial score (nSPS) is 41.4. The first-order valence-corrected chi connectivity index (χ1v) is 9.20. The second-order valence-electron chi connectivity index (χ2n) is 8.80. The van der Waals surface area contributed by atoms with E-state index in [0.717, 1.165) is 37.7 Å². The zero-order valence-electron chi connectivity index (χ0n) is 14.9. The Morgan fingerprint density at radius 1 is 1.21 bits per heavy atom. The van der Waals surface area contributed by atoms with Crippen molar-refractivity contribution >= 4 is 5.97 Å². The molecule has 0 bridgehead atoms. The molecule has 0 aromatic heterocycles. The summed E-state index contributed by atoms with van der Waals surface area (Å²) in [5, 5.41) is 10.5. The number of fused-ring (bicyclic) bond motifs is 2. The van der Waals surface area contributed by atoms with E-state index in [-0.39, 0.29) is 29.0 Å². The maximum absolute atomic E-state index is 11.4. The van der Waals surface area contributed by atoms with E-state index in [2.05, 4.69) is 20.8 Å². The number of hydrogen-bond donors (Lipinski definition) is 1. The molecule has 4 heteroatoms. The Balaban J connectivity index is 1.65. The van der Waals surface area contributed by atoms with Crippen molar-refractivity contribution in [3.8, 4) is 0 Å². The first-order chi connectivity index (χ1) is 11.3. The minimum absolute atomic E-state index is 0.0271. The lowest BCUT2D eigenvalue weighted by Gasteiger charge is -2.58. The quantitative estimate of drug-likeness (QED) is 0.592. The Kier molecular flexibility index (Phi) is 3.70. The molecule has 0 spiro atoms. The molecule has 4 aliphatic rings. The number of carbonyl (C=O) groups excluding carboxylic acids is 1. The molecule has 0 aromatic carbocycles. The minimum Gasteiger partial charge on any atom is -0.458 e. The summed E-state index contributed by atoms with van der Waals surface area (Å²) in [7, 11) is 0. The number of rotatable bonds is 1. The van der Waals surface area contributed by atoms with Crippen molar-refractivity contribution in [2.45, 2.75) is 65.1 Å². The Labute approximate surface area is 143 Å². The van der Waals surface area contributed by atoms with Crippen LogP contribution in [0.4, 0.5) is 0 Å². The van der Waals surface area contributed by atoms with Crippen molar-refractivity contribution < 1.29 is 19.4 Å². The van der Waals surface area contributed by atoms with Gasteiger partial charge >= 0.3 is 5.97 Å². The van der Waals surface area contributed by atoms with Crippen LogP contribution in [0.15, 0.2) is 22.8 Å². The lowest BCUT2D eigenvalue weighted by Crippen LogP contribution is -2.53. The van der Waals surface area contributed by atoms with E-state index in [1.807, 2.05) is 0 Å². The average Bonchev–Trinajstić information content (AvgIpc) is 2.98. The van der Waals surface area contributed by atoms with Gasteiger partial charge in [-0.15, -0.1) is 0 Å². The van der Waals surface area contributed by atoms with Gasteiger partial charge in [-0.1, -0.05) is 26.3 Å². The van der Waals surface area contributed by atoms with Gasteiger partial charge in [0.2, 0.25) is 0 Å². The largest absolute Gasteiger partial charge is 0.458 e. The van der Waals surface area contributed by atoms with Gasteiger partial charge in [0.1, 0.15) is 6.61 Å². The molecule has 132 valence electrons. The van der Waals surface area contributed by atoms with Crippen LogP contribution < -0.4 is 0 Å². The van der Waals surface area contributed by atoms with Crippen LogP contribution >= 0.6 is 0 Å². The number of cyclic esters (lactones) is 1. The number of hydrogen-bond acceptors (Lipinski definition) is 4. The highest BCUT2D eigenvalue weighted by Crippen LogP contribution is 2.61. The highest BCUT2D eigenvalue weighted by molar-refractivity contribution is 5.85. The molecule has 2 aliphatic heterocycles. The van der Waals surface area contributed by atoms with Crippen LogP contribution in [-0.2, 0) is 14.3 Å². The highest BCUT2D eigenvalue weighted by Gasteiger charge is 2.54. The number of aliphatic hydroxyl groups excluding tert-OH is 1. The van der Waals surface area contributed by atoms with Crippen molar-refractivity contribution in [3.05, 3.63) is 22.8 Å². The first-order valence-electron chi connectivity index (χ1n) is 9.20. The molecule has 4 nitrogen and oxygen atoms in total. The van der Waals surface area contributed by atoms with Crippen LogP contribution in [0.25, 0.3) is 0 Å². The van der Waals surface area contributed by atoms with E-state index in [1.54, 1.807) is 6.08 Å². The van der Waals surface area contributed by atoms with Crippen molar-refractivity contribution in [1.29, 1.82) is 0 Å². The standard InChI is InChI=1S/C20H28O4/c1-19(2)16-5-4-12-10-23-15(13-8-18(22)24-11-13)9-14(12)20(16,3)7-6-17(19)21/h8,15-17,21H,4-7,9-11H2,1-3H3/t15-,16+,17+,20-/m1/s1. The van der Waals surface area contributed by atoms with Crippen LogP contribution in [0, 0.1) is 16.7 Å². The third kappa shape index (κ3) is 2.30. The van der Waals surface area contributed by atoms with Crippen molar-refractivity contribution in [2.24, 2.45) is 16.7 Å². The van der Waals surface area contributed by atoms with Gasteiger partial charge in [0.25, 0.3) is 0 Å². The molecular weight excluding hydrogens is 304 g/mol. The molecule has 0 aromatic rings. The molecule has 1 N–H and O–H groups in total. The number of ether oxygens (including phenoxy) is 2. The second-order valence-corrected chi connectivity index (χ2v) is 8.80. The van der Waals surface area contributed by atoms with Crippen molar-refractivity contribution in [2.75, 3.05) is 13.2 Å². The van der Waals surface area contributed by atoms with Gasteiger partial charge in [-0.25, -0.2) is 4.79 Å². The molecule has 0 amide bonds. The molecule has 0 unspecified atom stereocenters. The summed E-state index contributed by atoms with van der Waals surface area (Å²) < 4.78 is 11.1. The summed E-state index contributed by atoms with van der Waals surface area (Å²) >= 11 is 0. The molecule has 2 heterocycles. The maximum atomic E-state index is 11.4. The summed E-state index contributed by atoms with van der Waals surface area (Å²) in [5.74, 6) is 0.254. The Morgan fingerprint density at radius 2 is 2.00 bits per heavy atom. The zero-order chi connectivity index (χ0) is 17.1. The van der Waals surface area contributed by atoms with Crippen LogP contribution in [0.5, 0.6) is 0 Å². The Hall–Kier alpha value is -1.13. The van der Waals surface area contributed by atoms with Gasteiger partial charge in [0, 0.05) is 11.6 Å². The van der Waals surface area contributed by atoms with E-state index < -0.39 is 0 Å². The summed E-state index contributed by atoms with van der Waals surface area (Å²) in [6, 6.07) is 0. The molecule has 0 radical (unpaired) electrons. The second kappa shape index (κ2) is 5.43. The van der Waals surface area contributed by atoms with Crippen molar-refractivity contribution in [1.82, 2.24) is 0 Å². The summed E-state index contributed by atoms with van der Waals surface area (Å²) in [6.07, 6.45) is 6.36. The molecule has 0 saturated heterocycles. The predicted octanol–water partition coefficient (Wildman–Crippen LogP) is 3.15. The lowest BCUT2D eigenvalue weighted by atomic mass is 9.48. The SMILES string of the molecule is CC1(C)[C@@H](O)CC[C@]2(C)C3=C(CC[C@@H]12)CO[C@@H](C1=CC(=O)OC1)C3. The zero-order valence-corrected chi connectivity index (χ0v) is 14.9. The highest BCUT2D eigenvalue weighted by atomic mass is 16.5. The lowest BCUT2D eigenvalue weighted by molar-refractivity contribution is -0.135. The van der Waals surface area contributed by atoms with E-state index in [1.165, 1.54) is 11.1 Å². The fourth-order valence-electron chi connectivity index (χ4n) is 5.76. The van der Waals surface area contributed by atoms with E-state index >= 15 is 0 Å². The van der Waals surface area contributed by atoms with Gasteiger partial charge in [-0.3, -0.25) is 0 Å². The monoisotopic (exact) mass is 332 g/mol. The third-order valence-corrected chi connectivity index (χ3v) is 7.26. The topological polar surface area (TPSA) is 55.8 Å². The van der Waals surface area contributed by atoms with Gasteiger partial charge < -0.3 is 14.6 Å². The van der Waals surface area contributed by atoms with E-state index in [9.17, 15) is 9.90 Å². The molecule has 1 saturated carbocycles. The molecule has 1 fully saturated rings. The smallest absolute Gasteiger partial charge is 0.331 e. The number of esters is 1. The van der Waals surface area contributed by atoms with Crippen LogP contribution in [0.2, 0.25) is 0 Å². The maximum Gasteiger partial charge on any atom is 0.331 e. The van der Waals surface area contributed by atoms with Crippen LogP contribution in [0.1, 0.15) is 52.9 Å². The average molecular weight is 332 g/mol.